The average molecular weight is 1030 g/mol. The average Bonchev–Trinajstić information content (AvgIpc) is 3.37. The van der Waals surface area contributed by atoms with Crippen LogP contribution in [-0.4, -0.2) is 89.2 Å². The zero-order valence-corrected chi connectivity index (χ0v) is 45.9. The summed E-state index contributed by atoms with van der Waals surface area (Å²) in [4.78, 5) is 51.0. The molecule has 1 saturated heterocycles. The number of allylic oxidation sites excluding steroid dienone is 12. The number of carbonyl (C=O) groups is 4. The Morgan fingerprint density at radius 2 is 0.863 bits per heavy atom. The number of hydrogen-bond donors (Lipinski definition) is 3. The van der Waals surface area contributed by atoms with Gasteiger partial charge in [-0.3, -0.25) is 14.4 Å². The molecule has 0 aromatic rings. The fourth-order valence-electron chi connectivity index (χ4n) is 8.40. The van der Waals surface area contributed by atoms with Crippen molar-refractivity contribution in [2.45, 2.75) is 276 Å². The number of ether oxygens (including phenoxy) is 5. The summed E-state index contributed by atoms with van der Waals surface area (Å²) in [6.07, 6.45) is 48.8. The van der Waals surface area contributed by atoms with Crippen molar-refractivity contribution in [2.24, 2.45) is 0 Å². The Morgan fingerprint density at radius 1 is 0.466 bits per heavy atom. The van der Waals surface area contributed by atoms with Gasteiger partial charge in [-0.15, -0.1) is 0 Å². The molecule has 6 atom stereocenters. The molecular weight excluding hydrogens is 925 g/mol. The van der Waals surface area contributed by atoms with Crippen LogP contribution >= 0.6 is 0 Å². The van der Waals surface area contributed by atoms with Gasteiger partial charge < -0.3 is 39.0 Å². The first-order valence-electron chi connectivity index (χ1n) is 28.9. The molecule has 0 amide bonds. The maximum Gasteiger partial charge on any atom is 0.335 e. The minimum atomic E-state index is -1.91. The van der Waals surface area contributed by atoms with Gasteiger partial charge in [0.2, 0.25) is 0 Å². The maximum atomic E-state index is 13.1. The lowest BCUT2D eigenvalue weighted by Gasteiger charge is -2.40. The summed E-state index contributed by atoms with van der Waals surface area (Å²) < 4.78 is 28.4. The number of esters is 3. The van der Waals surface area contributed by atoms with Crippen molar-refractivity contribution in [1.29, 1.82) is 0 Å². The fraction of sp³-hybridized carbons (Fsp3) is 0.738. The number of carboxylic acids is 1. The summed E-state index contributed by atoms with van der Waals surface area (Å²) in [5.41, 5.74) is 0. The lowest BCUT2D eigenvalue weighted by Crippen LogP contribution is -2.61. The van der Waals surface area contributed by atoms with Crippen molar-refractivity contribution in [3.63, 3.8) is 0 Å². The van der Waals surface area contributed by atoms with E-state index in [9.17, 15) is 34.5 Å². The van der Waals surface area contributed by atoms with Crippen LogP contribution in [-0.2, 0) is 42.9 Å². The summed E-state index contributed by atoms with van der Waals surface area (Å²) in [6, 6.07) is 0. The summed E-state index contributed by atoms with van der Waals surface area (Å²) in [7, 11) is 0. The third-order valence-electron chi connectivity index (χ3n) is 12.8. The van der Waals surface area contributed by atoms with E-state index >= 15 is 0 Å². The first-order valence-corrected chi connectivity index (χ1v) is 28.9. The van der Waals surface area contributed by atoms with E-state index in [0.29, 0.717) is 19.3 Å². The van der Waals surface area contributed by atoms with Gasteiger partial charge in [0.1, 0.15) is 18.8 Å². The molecule has 0 spiro atoms. The molecule has 0 saturated carbocycles. The number of unbranched alkanes of at least 4 members (excludes halogenated alkanes) is 22. The van der Waals surface area contributed by atoms with Crippen LogP contribution in [0, 0.1) is 0 Å². The Bertz CT molecular complexity index is 1550. The Labute approximate surface area is 442 Å². The van der Waals surface area contributed by atoms with Crippen LogP contribution in [0.5, 0.6) is 0 Å². The van der Waals surface area contributed by atoms with Gasteiger partial charge in [-0.05, 0) is 83.5 Å². The molecule has 0 aromatic carbocycles. The quantitative estimate of drug-likeness (QED) is 0.0228. The molecule has 3 N–H and O–H groups in total. The van der Waals surface area contributed by atoms with Crippen LogP contribution in [0.4, 0.5) is 0 Å². The first kappa shape index (κ1) is 67.2. The molecule has 0 bridgehead atoms. The summed E-state index contributed by atoms with van der Waals surface area (Å²) in [5, 5.41) is 31.4. The predicted molar refractivity (Wildman–Crippen MR) is 294 cm³/mol. The summed E-state index contributed by atoms with van der Waals surface area (Å²) in [6.45, 7) is 5.73. The van der Waals surface area contributed by atoms with E-state index in [0.717, 1.165) is 109 Å². The SMILES string of the molecule is CC/C=C\C/C=C\C/C=C\CCCCCCCC(=O)OC1C(OCC(COC(=O)CCCCCCCCCCCCCCCCC)OC(=O)CCCCC/C=C\C/C=C\C/C=C\CC)OC(C(=O)O)C(O)C1O. The molecule has 6 unspecified atom stereocenters. The van der Waals surface area contributed by atoms with Crippen LogP contribution < -0.4 is 0 Å². The standard InChI is InChI=1S/C61H102O12/c1-4-7-10-13-16-19-22-25-27-30-32-35-38-41-44-47-53(62)69-50-52(71-54(63)48-45-42-39-36-33-29-24-21-18-15-12-9-6-3)51-70-61-59(57(66)56(65)58(73-61)60(67)68)72-55(64)49-46-43-40-37-34-31-28-26-23-20-17-14-11-8-5-2/h8-9,11-12,17-18,20-21,26,28-29,33,52,56-59,61,65-66H,4-7,10,13-16,19,22-25,27,30-32,34-51H2,1-3H3,(H,67,68)/b11-8-,12-9-,20-17-,21-18-,28-26-,33-29-. The van der Waals surface area contributed by atoms with Gasteiger partial charge in [0.25, 0.3) is 0 Å². The fourth-order valence-corrected chi connectivity index (χ4v) is 8.40. The number of aliphatic carboxylic acids is 1. The second kappa shape index (κ2) is 49.1. The van der Waals surface area contributed by atoms with Crippen molar-refractivity contribution in [3.05, 3.63) is 72.9 Å². The van der Waals surface area contributed by atoms with Gasteiger partial charge >= 0.3 is 23.9 Å². The van der Waals surface area contributed by atoms with Crippen LogP contribution in [0.2, 0.25) is 0 Å². The Balaban J connectivity index is 2.72. The highest BCUT2D eigenvalue weighted by atomic mass is 16.7. The largest absolute Gasteiger partial charge is 0.479 e. The molecule has 12 heteroatoms. The third kappa shape index (κ3) is 39.3. The van der Waals surface area contributed by atoms with Crippen LogP contribution in [0.3, 0.4) is 0 Å². The van der Waals surface area contributed by atoms with E-state index in [1.807, 2.05) is 0 Å². The lowest BCUT2D eigenvalue weighted by atomic mass is 9.98. The van der Waals surface area contributed by atoms with E-state index in [4.69, 9.17) is 23.7 Å². The third-order valence-corrected chi connectivity index (χ3v) is 12.8. The number of carboxylic acid groups (broad SMARTS) is 1. The minimum absolute atomic E-state index is 0.0362. The molecule has 12 nitrogen and oxygen atoms in total. The molecule has 1 aliphatic rings. The first-order chi connectivity index (χ1) is 35.6. The molecule has 73 heavy (non-hydrogen) atoms. The van der Waals surface area contributed by atoms with Gasteiger partial charge in [0.05, 0.1) is 6.61 Å². The number of rotatable bonds is 48. The molecular formula is C61H102O12. The molecule has 1 fully saturated rings. The molecule has 418 valence electrons. The topological polar surface area (TPSA) is 175 Å². The monoisotopic (exact) mass is 1030 g/mol. The summed E-state index contributed by atoms with van der Waals surface area (Å²) >= 11 is 0. The molecule has 0 aromatic heterocycles. The Kier molecular flexibility index (Phi) is 45.1. The van der Waals surface area contributed by atoms with Crippen LogP contribution in [0.25, 0.3) is 0 Å². The minimum Gasteiger partial charge on any atom is -0.479 e. The maximum absolute atomic E-state index is 13.1. The van der Waals surface area contributed by atoms with Crippen molar-refractivity contribution in [1.82, 2.24) is 0 Å². The lowest BCUT2D eigenvalue weighted by molar-refractivity contribution is -0.301. The molecule has 1 heterocycles. The number of hydrogen-bond acceptors (Lipinski definition) is 11. The summed E-state index contributed by atoms with van der Waals surface area (Å²) in [5.74, 6) is -3.18. The number of aliphatic hydroxyl groups is 2. The molecule has 0 radical (unpaired) electrons. The van der Waals surface area contributed by atoms with E-state index in [1.54, 1.807) is 0 Å². The smallest absolute Gasteiger partial charge is 0.335 e. The van der Waals surface area contributed by atoms with Crippen molar-refractivity contribution in [2.75, 3.05) is 13.2 Å². The second-order valence-corrected chi connectivity index (χ2v) is 19.5. The van der Waals surface area contributed by atoms with Gasteiger partial charge in [0, 0.05) is 19.3 Å². The second-order valence-electron chi connectivity index (χ2n) is 19.5. The van der Waals surface area contributed by atoms with Crippen molar-refractivity contribution in [3.8, 4) is 0 Å². The van der Waals surface area contributed by atoms with E-state index < -0.39 is 67.3 Å². The van der Waals surface area contributed by atoms with E-state index in [2.05, 4.69) is 93.7 Å². The van der Waals surface area contributed by atoms with E-state index in [-0.39, 0.29) is 25.9 Å². The van der Waals surface area contributed by atoms with Gasteiger partial charge in [0.15, 0.2) is 24.6 Å². The molecule has 1 aliphatic heterocycles. The van der Waals surface area contributed by atoms with Crippen molar-refractivity contribution >= 4 is 23.9 Å². The van der Waals surface area contributed by atoms with Gasteiger partial charge in [-0.2, -0.15) is 0 Å². The normalized spacial score (nSPS) is 18.8. The predicted octanol–water partition coefficient (Wildman–Crippen LogP) is 14.6. The highest BCUT2D eigenvalue weighted by Gasteiger charge is 2.50. The Morgan fingerprint density at radius 3 is 1.33 bits per heavy atom. The zero-order valence-electron chi connectivity index (χ0n) is 45.9. The van der Waals surface area contributed by atoms with Gasteiger partial charge in [-0.25, -0.2) is 4.79 Å². The molecule has 0 aliphatic carbocycles. The highest BCUT2D eigenvalue weighted by molar-refractivity contribution is 5.74. The zero-order chi connectivity index (χ0) is 53.3. The van der Waals surface area contributed by atoms with E-state index in [1.165, 1.54) is 70.6 Å². The van der Waals surface area contributed by atoms with Crippen molar-refractivity contribution < 1.29 is 58.2 Å². The Hall–Kier alpha value is -3.84. The van der Waals surface area contributed by atoms with Crippen LogP contribution in [0.15, 0.2) is 72.9 Å². The molecule has 1 rings (SSSR count). The van der Waals surface area contributed by atoms with Crippen LogP contribution in [0.1, 0.15) is 239 Å². The number of aliphatic hydroxyl groups excluding tert-OH is 2. The van der Waals surface area contributed by atoms with Gasteiger partial charge in [-0.1, -0.05) is 209 Å². The highest BCUT2D eigenvalue weighted by Crippen LogP contribution is 2.26. The number of carbonyl (C=O) groups excluding carboxylic acids is 3.